The van der Waals surface area contributed by atoms with Gasteiger partial charge in [0.25, 0.3) is 0 Å². The van der Waals surface area contributed by atoms with Crippen LogP contribution in [0.3, 0.4) is 0 Å². The summed E-state index contributed by atoms with van der Waals surface area (Å²) in [7, 11) is 0. The van der Waals surface area contributed by atoms with Gasteiger partial charge in [0, 0.05) is 11.1 Å². The minimum Gasteiger partial charge on any atom is -0.476 e. The number of nitrogens with zero attached hydrogens (tertiary/aromatic N) is 2. The smallest absolute Gasteiger partial charge is 0.355 e. The maximum Gasteiger partial charge on any atom is 0.355 e. The van der Waals surface area contributed by atoms with Crippen LogP contribution in [-0.4, -0.2) is 21.0 Å². The Balaban J connectivity index is 2.05. The van der Waals surface area contributed by atoms with Gasteiger partial charge in [0.05, 0.1) is 12.2 Å². The molecule has 0 aliphatic carbocycles. The molecule has 0 aromatic carbocycles. The summed E-state index contributed by atoms with van der Waals surface area (Å²) >= 11 is 1.33. The standard InChI is InChI=1S/C11H11N3O2S/c1-7-9(10(15)16)14-11(17-7)13-6-8-4-2-3-5-12-8/h2-5H,6H2,1H3,(H,13,14)(H,15,16). The molecule has 2 aromatic heterocycles. The van der Waals surface area contributed by atoms with Crippen LogP contribution >= 0.6 is 11.3 Å². The Morgan fingerprint density at radius 2 is 2.35 bits per heavy atom. The summed E-state index contributed by atoms with van der Waals surface area (Å²) in [5.41, 5.74) is 0.996. The van der Waals surface area contributed by atoms with Crippen molar-refractivity contribution in [2.75, 3.05) is 5.32 Å². The molecular weight excluding hydrogens is 238 g/mol. The molecule has 0 atom stereocenters. The number of pyridine rings is 1. The van der Waals surface area contributed by atoms with Crippen molar-refractivity contribution in [1.82, 2.24) is 9.97 Å². The number of carboxylic acids is 1. The van der Waals surface area contributed by atoms with Crippen LogP contribution in [0.1, 0.15) is 21.1 Å². The number of anilines is 1. The van der Waals surface area contributed by atoms with Gasteiger partial charge in [0.2, 0.25) is 0 Å². The van der Waals surface area contributed by atoms with Crippen LogP contribution in [0.15, 0.2) is 24.4 Å². The van der Waals surface area contributed by atoms with E-state index in [1.807, 2.05) is 18.2 Å². The first kappa shape index (κ1) is 11.5. The quantitative estimate of drug-likeness (QED) is 0.868. The van der Waals surface area contributed by atoms with Gasteiger partial charge >= 0.3 is 5.97 Å². The zero-order valence-corrected chi connectivity index (χ0v) is 9.99. The van der Waals surface area contributed by atoms with E-state index >= 15 is 0 Å². The zero-order valence-electron chi connectivity index (χ0n) is 9.17. The summed E-state index contributed by atoms with van der Waals surface area (Å²) in [4.78, 5) is 19.7. The molecule has 0 spiro atoms. The van der Waals surface area contributed by atoms with Crippen LogP contribution < -0.4 is 5.32 Å². The molecular formula is C11H11N3O2S. The van der Waals surface area contributed by atoms with Gasteiger partial charge in [-0.15, -0.1) is 11.3 Å². The molecule has 0 fully saturated rings. The number of aromatic carboxylic acids is 1. The second-order valence-electron chi connectivity index (χ2n) is 3.40. The highest BCUT2D eigenvalue weighted by atomic mass is 32.1. The molecule has 5 nitrogen and oxygen atoms in total. The lowest BCUT2D eigenvalue weighted by Crippen LogP contribution is -2.02. The van der Waals surface area contributed by atoms with Crippen LogP contribution in [-0.2, 0) is 6.54 Å². The molecule has 0 saturated carbocycles. The van der Waals surface area contributed by atoms with Gasteiger partial charge in [-0.2, -0.15) is 0 Å². The highest BCUT2D eigenvalue weighted by Gasteiger charge is 2.13. The SMILES string of the molecule is Cc1sc(NCc2ccccn2)nc1C(=O)O. The monoisotopic (exact) mass is 249 g/mol. The van der Waals surface area contributed by atoms with E-state index in [4.69, 9.17) is 5.11 Å². The lowest BCUT2D eigenvalue weighted by atomic mass is 10.3. The number of nitrogens with one attached hydrogen (secondary N) is 1. The van der Waals surface area contributed by atoms with Gasteiger partial charge in [0.15, 0.2) is 10.8 Å². The molecule has 0 bridgehead atoms. The molecule has 0 radical (unpaired) electrons. The average Bonchev–Trinajstić information content (AvgIpc) is 2.69. The molecule has 2 N–H and O–H groups in total. The molecule has 0 aliphatic heterocycles. The Morgan fingerprint density at radius 1 is 1.53 bits per heavy atom. The van der Waals surface area contributed by atoms with Crippen molar-refractivity contribution in [2.45, 2.75) is 13.5 Å². The van der Waals surface area contributed by atoms with Crippen molar-refractivity contribution in [3.05, 3.63) is 40.7 Å². The van der Waals surface area contributed by atoms with Crippen LogP contribution in [0.5, 0.6) is 0 Å². The minimum atomic E-state index is -0.996. The number of aromatic nitrogens is 2. The second kappa shape index (κ2) is 4.92. The number of rotatable bonds is 4. The number of hydrogen-bond acceptors (Lipinski definition) is 5. The molecule has 0 aliphatic rings. The number of carbonyl (C=O) groups is 1. The summed E-state index contributed by atoms with van der Waals surface area (Å²) in [5, 5.41) is 12.5. The van der Waals surface area contributed by atoms with E-state index in [1.165, 1.54) is 11.3 Å². The van der Waals surface area contributed by atoms with Crippen molar-refractivity contribution in [1.29, 1.82) is 0 Å². The highest BCUT2D eigenvalue weighted by molar-refractivity contribution is 7.15. The molecule has 0 saturated heterocycles. The van der Waals surface area contributed by atoms with Gasteiger partial charge in [-0.25, -0.2) is 9.78 Å². The highest BCUT2D eigenvalue weighted by Crippen LogP contribution is 2.22. The fourth-order valence-electron chi connectivity index (χ4n) is 1.34. The van der Waals surface area contributed by atoms with Crippen molar-refractivity contribution >= 4 is 22.4 Å². The molecule has 2 rings (SSSR count). The third-order valence-electron chi connectivity index (χ3n) is 2.15. The Kier molecular flexibility index (Phi) is 3.34. The van der Waals surface area contributed by atoms with E-state index in [2.05, 4.69) is 15.3 Å². The summed E-state index contributed by atoms with van der Waals surface area (Å²) in [6, 6.07) is 5.64. The first-order valence-electron chi connectivity index (χ1n) is 5.01. The zero-order chi connectivity index (χ0) is 12.3. The lowest BCUT2D eigenvalue weighted by Gasteiger charge is -2.00. The fraction of sp³-hybridized carbons (Fsp3) is 0.182. The summed E-state index contributed by atoms with van der Waals surface area (Å²) in [6.07, 6.45) is 1.72. The Labute approximate surface area is 102 Å². The van der Waals surface area contributed by atoms with E-state index in [0.717, 1.165) is 5.69 Å². The first-order chi connectivity index (χ1) is 8.16. The third kappa shape index (κ3) is 2.79. The number of thiazole rings is 1. The summed E-state index contributed by atoms with van der Waals surface area (Å²) < 4.78 is 0. The van der Waals surface area contributed by atoms with E-state index in [1.54, 1.807) is 13.1 Å². The molecule has 0 unspecified atom stereocenters. The predicted molar refractivity (Wildman–Crippen MR) is 65.4 cm³/mol. The topological polar surface area (TPSA) is 75.1 Å². The number of carboxylic acid groups (broad SMARTS) is 1. The molecule has 2 heterocycles. The van der Waals surface area contributed by atoms with E-state index < -0.39 is 5.97 Å². The second-order valence-corrected chi connectivity index (χ2v) is 4.61. The van der Waals surface area contributed by atoms with Crippen LogP contribution in [0.25, 0.3) is 0 Å². The summed E-state index contributed by atoms with van der Waals surface area (Å²) in [5.74, 6) is -0.996. The van der Waals surface area contributed by atoms with Crippen molar-refractivity contribution in [3.8, 4) is 0 Å². The minimum absolute atomic E-state index is 0.110. The normalized spacial score (nSPS) is 10.2. The predicted octanol–water partition coefficient (Wildman–Crippen LogP) is 2.16. The van der Waals surface area contributed by atoms with Gasteiger partial charge < -0.3 is 10.4 Å². The third-order valence-corrected chi connectivity index (χ3v) is 3.07. The van der Waals surface area contributed by atoms with Gasteiger partial charge in [-0.05, 0) is 19.1 Å². The molecule has 88 valence electrons. The Bertz CT molecular complexity index is 525. The fourth-order valence-corrected chi connectivity index (χ4v) is 2.14. The molecule has 0 amide bonds. The maximum atomic E-state index is 10.8. The number of aryl methyl sites for hydroxylation is 1. The van der Waals surface area contributed by atoms with Gasteiger partial charge in [-0.3, -0.25) is 4.98 Å². The van der Waals surface area contributed by atoms with Crippen LogP contribution in [0.4, 0.5) is 5.13 Å². The van der Waals surface area contributed by atoms with E-state index in [9.17, 15) is 4.79 Å². The van der Waals surface area contributed by atoms with Crippen molar-refractivity contribution in [3.63, 3.8) is 0 Å². The number of hydrogen-bond donors (Lipinski definition) is 2. The largest absolute Gasteiger partial charge is 0.476 e. The van der Waals surface area contributed by atoms with E-state index in [0.29, 0.717) is 16.6 Å². The summed E-state index contributed by atoms with van der Waals surface area (Å²) in [6.45, 7) is 2.28. The first-order valence-corrected chi connectivity index (χ1v) is 5.83. The van der Waals surface area contributed by atoms with Crippen LogP contribution in [0, 0.1) is 6.92 Å². The van der Waals surface area contributed by atoms with Gasteiger partial charge in [0.1, 0.15) is 0 Å². The Morgan fingerprint density at radius 3 is 2.94 bits per heavy atom. The maximum absolute atomic E-state index is 10.8. The molecule has 17 heavy (non-hydrogen) atoms. The van der Waals surface area contributed by atoms with Gasteiger partial charge in [-0.1, -0.05) is 6.07 Å². The van der Waals surface area contributed by atoms with Crippen LogP contribution in [0.2, 0.25) is 0 Å². The van der Waals surface area contributed by atoms with E-state index in [-0.39, 0.29) is 5.69 Å². The lowest BCUT2D eigenvalue weighted by molar-refractivity contribution is 0.0690. The van der Waals surface area contributed by atoms with Crippen molar-refractivity contribution < 1.29 is 9.90 Å². The average molecular weight is 249 g/mol. The Hall–Kier alpha value is -1.95. The molecule has 2 aromatic rings. The molecule has 6 heteroatoms. The van der Waals surface area contributed by atoms with Crippen molar-refractivity contribution in [2.24, 2.45) is 0 Å².